The third-order valence-electron chi connectivity index (χ3n) is 6.25. The summed E-state index contributed by atoms with van der Waals surface area (Å²) in [5.74, 6) is 0.489. The summed E-state index contributed by atoms with van der Waals surface area (Å²) < 4.78 is 46.5. The van der Waals surface area contributed by atoms with E-state index >= 15 is 0 Å². The minimum atomic E-state index is -3.90. The largest absolute Gasteiger partial charge is 0.457 e. The molecule has 8 heteroatoms. The first-order valence-electron chi connectivity index (χ1n) is 12.0. The molecule has 36 heavy (non-hydrogen) atoms. The van der Waals surface area contributed by atoms with Crippen molar-refractivity contribution in [2.75, 3.05) is 6.54 Å². The molecule has 0 aromatic heterocycles. The number of sulfonamides is 1. The fourth-order valence-corrected chi connectivity index (χ4v) is 5.87. The van der Waals surface area contributed by atoms with Crippen LogP contribution in [-0.2, 0) is 26.8 Å². The molecular formula is C28H31FN2O4S. The van der Waals surface area contributed by atoms with Gasteiger partial charge in [-0.15, -0.1) is 0 Å². The molecule has 1 aliphatic heterocycles. The molecule has 1 heterocycles. The SMILES string of the molecule is CC(C)(C)c1ccc(Oc2cccc(CNC(=O)[C@@H]3CCCN3S(=O)(=O)c3ccc(F)cc3)c2)cc1. The van der Waals surface area contributed by atoms with E-state index in [0.29, 0.717) is 18.6 Å². The van der Waals surface area contributed by atoms with Crippen molar-refractivity contribution in [3.63, 3.8) is 0 Å². The summed E-state index contributed by atoms with van der Waals surface area (Å²) in [6, 6.07) is 19.2. The van der Waals surface area contributed by atoms with Crippen molar-refractivity contribution in [2.24, 2.45) is 0 Å². The molecule has 1 fully saturated rings. The minimum Gasteiger partial charge on any atom is -0.457 e. The average Bonchev–Trinajstić information content (AvgIpc) is 3.34. The van der Waals surface area contributed by atoms with Crippen LogP contribution < -0.4 is 10.1 Å². The van der Waals surface area contributed by atoms with E-state index in [4.69, 9.17) is 4.74 Å². The topological polar surface area (TPSA) is 75.7 Å². The molecule has 4 rings (SSSR count). The number of carbonyl (C=O) groups excluding carboxylic acids is 1. The lowest BCUT2D eigenvalue weighted by Gasteiger charge is -2.23. The Morgan fingerprint density at radius 2 is 1.72 bits per heavy atom. The van der Waals surface area contributed by atoms with Gasteiger partial charge in [-0.2, -0.15) is 4.31 Å². The molecule has 190 valence electrons. The number of rotatable bonds is 7. The van der Waals surface area contributed by atoms with Gasteiger partial charge in [0.15, 0.2) is 0 Å². The van der Waals surface area contributed by atoms with Crippen LogP contribution in [-0.4, -0.2) is 31.2 Å². The summed E-state index contributed by atoms with van der Waals surface area (Å²) in [7, 11) is -3.90. The molecular weight excluding hydrogens is 479 g/mol. The second-order valence-electron chi connectivity index (χ2n) is 9.97. The van der Waals surface area contributed by atoms with Crippen LogP contribution in [0.1, 0.15) is 44.7 Å². The molecule has 6 nitrogen and oxygen atoms in total. The van der Waals surface area contributed by atoms with Crippen molar-refractivity contribution in [1.29, 1.82) is 0 Å². The first kappa shape index (κ1) is 25.9. The van der Waals surface area contributed by atoms with Crippen molar-refractivity contribution >= 4 is 15.9 Å². The highest BCUT2D eigenvalue weighted by Crippen LogP contribution is 2.28. The predicted molar refractivity (Wildman–Crippen MR) is 137 cm³/mol. The molecule has 3 aromatic rings. The summed E-state index contributed by atoms with van der Waals surface area (Å²) in [6.07, 6.45) is 1.01. The zero-order valence-corrected chi connectivity index (χ0v) is 21.5. The third-order valence-corrected chi connectivity index (χ3v) is 8.17. The molecule has 3 aromatic carbocycles. The first-order chi connectivity index (χ1) is 17.0. The van der Waals surface area contributed by atoms with Crippen LogP contribution in [0.3, 0.4) is 0 Å². The molecule has 0 bridgehead atoms. The number of ether oxygens (including phenoxy) is 1. The lowest BCUT2D eigenvalue weighted by Crippen LogP contribution is -2.45. The number of nitrogens with zero attached hydrogens (tertiary/aromatic N) is 1. The van der Waals surface area contributed by atoms with Gasteiger partial charge in [-0.05, 0) is 77.9 Å². The molecule has 1 atom stereocenters. The maximum atomic E-state index is 13.2. The Morgan fingerprint density at radius 1 is 1.03 bits per heavy atom. The molecule has 1 N–H and O–H groups in total. The Balaban J connectivity index is 1.39. The molecule has 1 saturated heterocycles. The highest BCUT2D eigenvalue weighted by atomic mass is 32.2. The molecule has 0 unspecified atom stereocenters. The highest BCUT2D eigenvalue weighted by molar-refractivity contribution is 7.89. The zero-order chi connectivity index (χ0) is 25.9. The molecule has 1 amide bonds. The number of nitrogens with one attached hydrogen (secondary N) is 1. The Labute approximate surface area is 212 Å². The van der Waals surface area contributed by atoms with Gasteiger partial charge < -0.3 is 10.1 Å². The number of hydrogen-bond acceptors (Lipinski definition) is 4. The predicted octanol–water partition coefficient (Wildman–Crippen LogP) is 5.39. The third kappa shape index (κ3) is 5.94. The van der Waals surface area contributed by atoms with Crippen LogP contribution in [0.2, 0.25) is 0 Å². The summed E-state index contributed by atoms with van der Waals surface area (Å²) in [4.78, 5) is 12.9. The summed E-state index contributed by atoms with van der Waals surface area (Å²) in [5.41, 5.74) is 2.11. The number of halogens is 1. The fraction of sp³-hybridized carbons (Fsp3) is 0.321. The van der Waals surface area contributed by atoms with Crippen molar-refractivity contribution in [1.82, 2.24) is 9.62 Å². The number of amides is 1. The smallest absolute Gasteiger partial charge is 0.243 e. The monoisotopic (exact) mass is 510 g/mol. The van der Waals surface area contributed by atoms with Gasteiger partial charge in [0, 0.05) is 13.1 Å². The standard InChI is InChI=1S/C28H31FN2O4S/c1-28(2,3)21-9-13-23(14-10-21)35-24-7-4-6-20(18-24)19-30-27(32)26-8-5-17-31(26)36(33,34)25-15-11-22(29)12-16-25/h4,6-7,9-16,18,26H,5,8,17,19H2,1-3H3,(H,30,32)/t26-/m0/s1. The van der Waals surface area contributed by atoms with E-state index in [9.17, 15) is 17.6 Å². The highest BCUT2D eigenvalue weighted by Gasteiger charge is 2.39. The van der Waals surface area contributed by atoms with Gasteiger partial charge in [0.25, 0.3) is 0 Å². The van der Waals surface area contributed by atoms with Crippen LogP contribution in [0.15, 0.2) is 77.7 Å². The Bertz CT molecular complexity index is 1320. The van der Waals surface area contributed by atoms with Gasteiger partial charge >= 0.3 is 0 Å². The summed E-state index contributed by atoms with van der Waals surface area (Å²) >= 11 is 0. The van der Waals surface area contributed by atoms with E-state index in [1.165, 1.54) is 22.0 Å². The Morgan fingerprint density at radius 3 is 2.39 bits per heavy atom. The van der Waals surface area contributed by atoms with Crippen molar-refractivity contribution in [3.05, 3.63) is 89.7 Å². The second kappa shape index (κ2) is 10.4. The number of carbonyl (C=O) groups is 1. The number of hydrogen-bond donors (Lipinski definition) is 1. The van der Waals surface area contributed by atoms with E-state index in [-0.39, 0.29) is 29.3 Å². The molecule has 0 spiro atoms. The van der Waals surface area contributed by atoms with Gasteiger partial charge in [-0.3, -0.25) is 4.79 Å². The van der Waals surface area contributed by atoms with Gasteiger partial charge in [-0.25, -0.2) is 12.8 Å². The Hall–Kier alpha value is -3.23. The van der Waals surface area contributed by atoms with Crippen molar-refractivity contribution in [2.45, 2.75) is 56.5 Å². The van der Waals surface area contributed by atoms with Crippen LogP contribution in [0, 0.1) is 5.82 Å². The van der Waals surface area contributed by atoms with Gasteiger partial charge in [0.2, 0.25) is 15.9 Å². The van der Waals surface area contributed by atoms with E-state index < -0.39 is 21.9 Å². The molecule has 0 radical (unpaired) electrons. The average molecular weight is 511 g/mol. The van der Waals surface area contributed by atoms with Crippen LogP contribution in [0.4, 0.5) is 4.39 Å². The fourth-order valence-electron chi connectivity index (χ4n) is 4.22. The normalized spacial score (nSPS) is 16.6. The molecule has 0 saturated carbocycles. The van der Waals surface area contributed by atoms with Gasteiger partial charge in [-0.1, -0.05) is 45.0 Å². The quantitative estimate of drug-likeness (QED) is 0.463. The van der Waals surface area contributed by atoms with Gasteiger partial charge in [0.05, 0.1) is 4.90 Å². The Kier molecular flexibility index (Phi) is 7.47. The van der Waals surface area contributed by atoms with E-state index in [2.05, 4.69) is 26.1 Å². The maximum Gasteiger partial charge on any atom is 0.243 e. The molecule has 1 aliphatic rings. The van der Waals surface area contributed by atoms with Crippen LogP contribution in [0.25, 0.3) is 0 Å². The van der Waals surface area contributed by atoms with E-state index in [0.717, 1.165) is 23.4 Å². The first-order valence-corrected chi connectivity index (χ1v) is 13.4. The lowest BCUT2D eigenvalue weighted by molar-refractivity contribution is -0.124. The van der Waals surface area contributed by atoms with Crippen LogP contribution >= 0.6 is 0 Å². The lowest BCUT2D eigenvalue weighted by atomic mass is 9.87. The van der Waals surface area contributed by atoms with Crippen LogP contribution in [0.5, 0.6) is 11.5 Å². The van der Waals surface area contributed by atoms with E-state index in [1.807, 2.05) is 48.5 Å². The summed E-state index contributed by atoms with van der Waals surface area (Å²) in [5, 5.41) is 2.86. The van der Waals surface area contributed by atoms with E-state index in [1.54, 1.807) is 0 Å². The maximum absolute atomic E-state index is 13.2. The summed E-state index contributed by atoms with van der Waals surface area (Å²) in [6.45, 7) is 6.95. The second-order valence-corrected chi connectivity index (χ2v) is 11.9. The molecule has 0 aliphatic carbocycles. The van der Waals surface area contributed by atoms with Crippen molar-refractivity contribution in [3.8, 4) is 11.5 Å². The minimum absolute atomic E-state index is 0.0241. The van der Waals surface area contributed by atoms with Crippen molar-refractivity contribution < 1.29 is 22.3 Å². The zero-order valence-electron chi connectivity index (χ0n) is 20.7. The number of benzene rings is 3. The van der Waals surface area contributed by atoms with Gasteiger partial charge in [0.1, 0.15) is 23.4 Å².